The topological polar surface area (TPSA) is 103 Å². The summed E-state index contributed by atoms with van der Waals surface area (Å²) < 4.78 is 50.6. The molecule has 0 aliphatic carbocycles. The number of aromatic nitrogens is 2. The molecule has 3 rings (SSSR count). The van der Waals surface area contributed by atoms with Gasteiger partial charge in [-0.05, 0) is 25.0 Å². The smallest absolute Gasteiger partial charge is 0.309 e. The van der Waals surface area contributed by atoms with Crippen LogP contribution in [0.4, 0.5) is 4.39 Å². The number of rotatable bonds is 6. The Hall–Kier alpha value is -2.33. The highest BCUT2D eigenvalue weighted by molar-refractivity contribution is 7.89. The van der Waals surface area contributed by atoms with Crippen LogP contribution in [-0.4, -0.2) is 42.0 Å². The zero-order valence-corrected chi connectivity index (χ0v) is 15.6. The maximum absolute atomic E-state index is 13.8. The van der Waals surface area contributed by atoms with Gasteiger partial charge >= 0.3 is 5.97 Å². The highest BCUT2D eigenvalue weighted by Crippen LogP contribution is 2.26. The fourth-order valence-electron chi connectivity index (χ4n) is 2.87. The van der Waals surface area contributed by atoms with Crippen LogP contribution < -0.4 is 0 Å². The monoisotopic (exact) mass is 397 g/mol. The lowest BCUT2D eigenvalue weighted by molar-refractivity contribution is -0.151. The summed E-state index contributed by atoms with van der Waals surface area (Å²) in [6.45, 7) is 2.00. The van der Waals surface area contributed by atoms with Gasteiger partial charge < -0.3 is 9.15 Å². The van der Waals surface area contributed by atoms with Gasteiger partial charge in [-0.15, -0.1) is 10.2 Å². The molecule has 8 nitrogen and oxygen atoms in total. The van der Waals surface area contributed by atoms with E-state index in [2.05, 4.69) is 10.2 Å². The van der Waals surface area contributed by atoms with Gasteiger partial charge in [-0.2, -0.15) is 4.31 Å². The van der Waals surface area contributed by atoms with E-state index in [0.717, 1.165) is 6.07 Å². The molecule has 1 aromatic heterocycles. The first-order valence-corrected chi connectivity index (χ1v) is 10.1. The van der Waals surface area contributed by atoms with Crippen LogP contribution in [0.1, 0.15) is 31.5 Å². The van der Waals surface area contributed by atoms with Gasteiger partial charge in [0.15, 0.2) is 6.61 Å². The summed E-state index contributed by atoms with van der Waals surface area (Å²) in [5.41, 5.74) is 0. The normalized spacial score (nSPS) is 16.4. The van der Waals surface area contributed by atoms with Crippen LogP contribution in [0.3, 0.4) is 0 Å². The van der Waals surface area contributed by atoms with E-state index in [4.69, 9.17) is 9.15 Å². The second-order valence-electron chi connectivity index (χ2n) is 6.16. The summed E-state index contributed by atoms with van der Waals surface area (Å²) in [5.74, 6) is -0.961. The van der Waals surface area contributed by atoms with Crippen LogP contribution in [0.15, 0.2) is 33.6 Å². The van der Waals surface area contributed by atoms with Gasteiger partial charge in [0, 0.05) is 19.5 Å². The highest BCUT2D eigenvalue weighted by atomic mass is 32.2. The van der Waals surface area contributed by atoms with E-state index in [1.165, 1.54) is 22.5 Å². The fourth-order valence-corrected chi connectivity index (χ4v) is 4.40. The van der Waals surface area contributed by atoms with Crippen molar-refractivity contribution in [1.82, 2.24) is 14.5 Å². The van der Waals surface area contributed by atoms with Crippen molar-refractivity contribution in [2.75, 3.05) is 13.1 Å². The number of esters is 1. The minimum Gasteiger partial charge on any atom is -0.455 e. The van der Waals surface area contributed by atoms with Gasteiger partial charge in [-0.3, -0.25) is 4.79 Å². The van der Waals surface area contributed by atoms with Crippen molar-refractivity contribution in [2.45, 2.75) is 37.7 Å². The lowest BCUT2D eigenvalue weighted by atomic mass is 9.98. The standard InChI is InChI=1S/C17H20FN3O5S/c1-2-15-19-20-16(26-15)11-25-17(22)12-7-9-21(10-8-12)27(23,24)14-6-4-3-5-13(14)18/h3-6,12H,2,7-11H2,1H3. The number of sulfonamides is 1. The maximum Gasteiger partial charge on any atom is 0.309 e. The number of hydrogen-bond donors (Lipinski definition) is 0. The van der Waals surface area contributed by atoms with E-state index in [1.54, 1.807) is 0 Å². The molecular formula is C17H20FN3O5S. The van der Waals surface area contributed by atoms with Crippen LogP contribution in [0.5, 0.6) is 0 Å². The minimum absolute atomic E-state index is 0.112. The molecule has 27 heavy (non-hydrogen) atoms. The predicted molar refractivity (Wildman–Crippen MR) is 91.4 cm³/mol. The van der Waals surface area contributed by atoms with Crippen LogP contribution in [0, 0.1) is 11.7 Å². The van der Waals surface area contributed by atoms with Crippen molar-refractivity contribution in [1.29, 1.82) is 0 Å². The van der Waals surface area contributed by atoms with Crippen molar-refractivity contribution in [2.24, 2.45) is 5.92 Å². The van der Waals surface area contributed by atoms with E-state index in [0.29, 0.717) is 25.2 Å². The highest BCUT2D eigenvalue weighted by Gasteiger charge is 2.34. The largest absolute Gasteiger partial charge is 0.455 e. The average molecular weight is 397 g/mol. The average Bonchev–Trinajstić information content (AvgIpc) is 3.14. The molecule has 0 spiro atoms. The van der Waals surface area contributed by atoms with Gasteiger partial charge in [-0.25, -0.2) is 12.8 Å². The molecule has 0 bridgehead atoms. The molecule has 1 aliphatic rings. The Balaban J connectivity index is 1.55. The van der Waals surface area contributed by atoms with Crippen molar-refractivity contribution in [3.63, 3.8) is 0 Å². The number of nitrogens with zero attached hydrogens (tertiary/aromatic N) is 3. The van der Waals surface area contributed by atoms with E-state index >= 15 is 0 Å². The van der Waals surface area contributed by atoms with Gasteiger partial charge in [-0.1, -0.05) is 19.1 Å². The first kappa shape index (κ1) is 19.4. The molecule has 0 unspecified atom stereocenters. The molecule has 10 heteroatoms. The first-order valence-electron chi connectivity index (χ1n) is 8.64. The zero-order valence-electron chi connectivity index (χ0n) is 14.8. The Bertz CT molecular complexity index is 907. The van der Waals surface area contributed by atoms with E-state index in [-0.39, 0.29) is 30.5 Å². The third-order valence-corrected chi connectivity index (χ3v) is 6.32. The van der Waals surface area contributed by atoms with Gasteiger partial charge in [0.2, 0.25) is 15.9 Å². The zero-order chi connectivity index (χ0) is 19.4. The van der Waals surface area contributed by atoms with Gasteiger partial charge in [0.25, 0.3) is 5.89 Å². The summed E-state index contributed by atoms with van der Waals surface area (Å²) in [6, 6.07) is 5.25. The fraction of sp³-hybridized carbons (Fsp3) is 0.471. The number of ether oxygens (including phenoxy) is 1. The number of hydrogen-bond acceptors (Lipinski definition) is 7. The molecule has 1 saturated heterocycles. The molecule has 0 saturated carbocycles. The number of piperidine rings is 1. The van der Waals surface area contributed by atoms with Crippen LogP contribution >= 0.6 is 0 Å². The third kappa shape index (κ3) is 4.33. The minimum atomic E-state index is -3.92. The van der Waals surface area contributed by atoms with Crippen molar-refractivity contribution >= 4 is 16.0 Å². The molecular weight excluding hydrogens is 377 g/mol. The van der Waals surface area contributed by atoms with E-state index in [1.807, 2.05) is 6.92 Å². The second-order valence-corrected chi connectivity index (χ2v) is 8.07. The summed E-state index contributed by atoms with van der Waals surface area (Å²) in [4.78, 5) is 11.8. The Morgan fingerprint density at radius 2 is 1.93 bits per heavy atom. The van der Waals surface area contributed by atoms with Crippen molar-refractivity contribution in [3.8, 4) is 0 Å². The van der Waals surface area contributed by atoms with Crippen LogP contribution in [-0.2, 0) is 32.6 Å². The van der Waals surface area contributed by atoms with Crippen LogP contribution in [0.2, 0.25) is 0 Å². The summed E-state index contributed by atoms with van der Waals surface area (Å²) in [6.07, 6.45) is 1.20. The lowest BCUT2D eigenvalue weighted by Gasteiger charge is -2.30. The molecule has 0 radical (unpaired) electrons. The molecule has 0 atom stereocenters. The Kier molecular flexibility index (Phi) is 5.85. The summed E-state index contributed by atoms with van der Waals surface area (Å²) in [5, 5.41) is 7.56. The third-order valence-electron chi connectivity index (χ3n) is 4.39. The van der Waals surface area contributed by atoms with Crippen molar-refractivity contribution in [3.05, 3.63) is 41.9 Å². The summed E-state index contributed by atoms with van der Waals surface area (Å²) >= 11 is 0. The molecule has 2 heterocycles. The van der Waals surface area contributed by atoms with E-state index < -0.39 is 27.7 Å². The molecule has 0 amide bonds. The Labute approximate surface area is 156 Å². The van der Waals surface area contributed by atoms with Crippen LogP contribution in [0.25, 0.3) is 0 Å². The van der Waals surface area contributed by atoms with Gasteiger partial charge in [0.05, 0.1) is 5.92 Å². The summed E-state index contributed by atoms with van der Waals surface area (Å²) in [7, 11) is -3.92. The molecule has 1 fully saturated rings. The number of carbonyl (C=O) groups is 1. The van der Waals surface area contributed by atoms with Gasteiger partial charge in [0.1, 0.15) is 10.7 Å². The second kappa shape index (κ2) is 8.13. The number of carbonyl (C=O) groups excluding carboxylic acids is 1. The number of halogens is 1. The number of benzene rings is 1. The molecule has 1 aliphatic heterocycles. The lowest BCUT2D eigenvalue weighted by Crippen LogP contribution is -2.40. The SMILES string of the molecule is CCc1nnc(COC(=O)C2CCN(S(=O)(=O)c3ccccc3F)CC2)o1. The van der Waals surface area contributed by atoms with E-state index in [9.17, 15) is 17.6 Å². The molecule has 1 aromatic carbocycles. The quantitative estimate of drug-likeness (QED) is 0.686. The molecule has 2 aromatic rings. The predicted octanol–water partition coefficient (Wildman–Crippen LogP) is 1.92. The van der Waals surface area contributed by atoms with Crippen molar-refractivity contribution < 1.29 is 26.8 Å². The first-order chi connectivity index (χ1) is 12.9. The maximum atomic E-state index is 13.8. The Morgan fingerprint density at radius 3 is 2.56 bits per heavy atom. The number of aryl methyl sites for hydroxylation is 1. The molecule has 146 valence electrons. The Morgan fingerprint density at radius 1 is 1.26 bits per heavy atom. The molecule has 0 N–H and O–H groups in total.